The van der Waals surface area contributed by atoms with Crippen molar-refractivity contribution in [3.8, 4) is 5.75 Å². The molecule has 2 aromatic rings. The van der Waals surface area contributed by atoms with E-state index in [2.05, 4.69) is 70.2 Å². The Morgan fingerprint density at radius 1 is 0.762 bits per heavy atom. The van der Waals surface area contributed by atoms with E-state index in [9.17, 15) is 0 Å². The number of thioether (sulfide) groups is 1. The summed E-state index contributed by atoms with van der Waals surface area (Å²) in [5.74, 6) is 0.677. The minimum atomic E-state index is -0.435. The second kappa shape index (κ2) is 18.2. The van der Waals surface area contributed by atoms with Gasteiger partial charge in [0.15, 0.2) is 0 Å². The molecule has 0 spiro atoms. The Morgan fingerprint density at radius 2 is 1.36 bits per heavy atom. The maximum atomic E-state index is 6.86. The SMILES string of the molecule is C=CCOC[C@H]1S[C@@H](c2cc(Cc3ccc(C)cc3)c(Cl)cc2OCC=C)[C@H](OCC=C)[C@@H](OCC=C)[C@@H]1OCC=C. The second-order valence-electron chi connectivity index (χ2n) is 9.92. The van der Waals surface area contributed by atoms with Crippen LogP contribution >= 0.6 is 23.4 Å². The van der Waals surface area contributed by atoms with Crippen molar-refractivity contribution < 1.29 is 23.7 Å². The predicted octanol–water partition coefficient (Wildman–Crippen LogP) is 7.88. The Hall–Kier alpha value is -2.58. The van der Waals surface area contributed by atoms with Gasteiger partial charge >= 0.3 is 0 Å². The molecule has 3 rings (SSSR count). The summed E-state index contributed by atoms with van der Waals surface area (Å²) in [6.07, 6.45) is 8.18. The summed E-state index contributed by atoms with van der Waals surface area (Å²) in [4.78, 5) is 0. The first-order chi connectivity index (χ1) is 20.5. The minimum absolute atomic E-state index is 0.0863. The van der Waals surface area contributed by atoms with E-state index >= 15 is 0 Å². The van der Waals surface area contributed by atoms with Crippen molar-refractivity contribution in [1.82, 2.24) is 0 Å². The maximum Gasteiger partial charge on any atom is 0.125 e. The minimum Gasteiger partial charge on any atom is -0.489 e. The quantitative estimate of drug-likeness (QED) is 0.119. The van der Waals surface area contributed by atoms with Crippen molar-refractivity contribution in [1.29, 1.82) is 0 Å². The third kappa shape index (κ3) is 9.46. The van der Waals surface area contributed by atoms with Crippen LogP contribution in [-0.2, 0) is 25.4 Å². The summed E-state index contributed by atoms with van der Waals surface area (Å²) < 4.78 is 31.4. The molecule has 0 aliphatic carbocycles. The molecule has 1 fully saturated rings. The molecule has 0 saturated carbocycles. The lowest BCUT2D eigenvalue weighted by atomic mass is 9.93. The number of rotatable bonds is 19. The molecule has 42 heavy (non-hydrogen) atoms. The molecular weight excluding hydrogens is 568 g/mol. The highest BCUT2D eigenvalue weighted by Gasteiger charge is 2.49. The summed E-state index contributed by atoms with van der Waals surface area (Å²) in [5.41, 5.74) is 4.34. The van der Waals surface area contributed by atoms with Crippen molar-refractivity contribution >= 4 is 23.4 Å². The smallest absolute Gasteiger partial charge is 0.125 e. The first-order valence-corrected chi connectivity index (χ1v) is 15.4. The zero-order valence-corrected chi connectivity index (χ0v) is 26.1. The van der Waals surface area contributed by atoms with Crippen LogP contribution in [0.1, 0.15) is 27.5 Å². The van der Waals surface area contributed by atoms with Crippen LogP contribution in [0.5, 0.6) is 5.75 Å². The van der Waals surface area contributed by atoms with Gasteiger partial charge in [0.2, 0.25) is 0 Å². The van der Waals surface area contributed by atoms with Crippen LogP contribution in [0.3, 0.4) is 0 Å². The number of benzene rings is 2. The van der Waals surface area contributed by atoms with E-state index < -0.39 is 12.2 Å². The molecule has 5 nitrogen and oxygen atoms in total. The molecule has 226 valence electrons. The van der Waals surface area contributed by atoms with Crippen LogP contribution in [0.15, 0.2) is 99.7 Å². The highest BCUT2D eigenvalue weighted by atomic mass is 35.5. The standard InChI is InChI=1S/C35H43ClO5S/c1-7-16-37-24-31-32(39-18-9-3)33(40-19-10-4)34(41-20-11-5)35(42-31)28-22-27(21-26-14-12-25(6)13-15-26)29(36)23-30(28)38-17-8-2/h7-15,22-23,31-35H,1-5,16-21,24H2,6H3/t31-,32-,33+,34-,35+/m1/s1. The zero-order chi connectivity index (χ0) is 30.3. The fraction of sp³-hybridized carbons (Fsp3) is 0.371. The third-order valence-electron chi connectivity index (χ3n) is 6.73. The third-order valence-corrected chi connectivity index (χ3v) is 8.65. The number of halogens is 1. The predicted molar refractivity (Wildman–Crippen MR) is 176 cm³/mol. The van der Waals surface area contributed by atoms with Gasteiger partial charge in [-0.15, -0.1) is 38.1 Å². The lowest BCUT2D eigenvalue weighted by Gasteiger charge is -2.46. The maximum absolute atomic E-state index is 6.86. The van der Waals surface area contributed by atoms with Gasteiger partial charge in [0.05, 0.1) is 43.5 Å². The van der Waals surface area contributed by atoms with Crippen molar-refractivity contribution in [2.75, 3.05) is 39.6 Å². The molecule has 7 heteroatoms. The van der Waals surface area contributed by atoms with Crippen LogP contribution < -0.4 is 4.74 Å². The Kier molecular flexibility index (Phi) is 14.7. The molecule has 1 aliphatic rings. The van der Waals surface area contributed by atoms with E-state index in [0.29, 0.717) is 56.8 Å². The summed E-state index contributed by atoms with van der Waals surface area (Å²) in [7, 11) is 0. The van der Waals surface area contributed by atoms with E-state index in [1.54, 1.807) is 42.1 Å². The van der Waals surface area contributed by atoms with E-state index in [1.807, 2.05) is 6.07 Å². The van der Waals surface area contributed by atoms with Crippen molar-refractivity contribution in [3.63, 3.8) is 0 Å². The highest BCUT2D eigenvalue weighted by Crippen LogP contribution is 2.50. The lowest BCUT2D eigenvalue weighted by molar-refractivity contribution is -0.136. The van der Waals surface area contributed by atoms with Gasteiger partial charge < -0.3 is 23.7 Å². The van der Waals surface area contributed by atoms with Gasteiger partial charge in [0.25, 0.3) is 0 Å². The van der Waals surface area contributed by atoms with Crippen LogP contribution in [0.25, 0.3) is 0 Å². The van der Waals surface area contributed by atoms with Crippen LogP contribution in [0.4, 0.5) is 0 Å². The number of hydrogen-bond acceptors (Lipinski definition) is 6. The van der Waals surface area contributed by atoms with Gasteiger partial charge in [-0.3, -0.25) is 0 Å². The molecule has 1 saturated heterocycles. The molecule has 0 aromatic heterocycles. The average molecular weight is 611 g/mol. The molecule has 2 aromatic carbocycles. The normalized spacial score (nSPS) is 21.8. The molecular formula is C35H43ClO5S. The molecule has 0 radical (unpaired) electrons. The van der Waals surface area contributed by atoms with E-state index in [0.717, 1.165) is 11.1 Å². The van der Waals surface area contributed by atoms with Crippen LogP contribution in [0.2, 0.25) is 5.02 Å². The summed E-state index contributed by atoms with van der Waals surface area (Å²) in [6.45, 7) is 23.6. The first-order valence-electron chi connectivity index (χ1n) is 14.1. The summed E-state index contributed by atoms with van der Waals surface area (Å²) >= 11 is 8.59. The summed E-state index contributed by atoms with van der Waals surface area (Å²) in [5, 5.41) is 0.353. The largest absolute Gasteiger partial charge is 0.489 e. The van der Waals surface area contributed by atoms with Gasteiger partial charge in [0, 0.05) is 10.6 Å². The molecule has 0 bridgehead atoms. The first kappa shape index (κ1) is 33.9. The second-order valence-corrected chi connectivity index (χ2v) is 11.7. The number of ether oxygens (including phenoxy) is 5. The Morgan fingerprint density at radius 3 is 1.98 bits per heavy atom. The van der Waals surface area contributed by atoms with Gasteiger partial charge in [-0.2, -0.15) is 0 Å². The van der Waals surface area contributed by atoms with Crippen LogP contribution in [-0.4, -0.2) is 63.2 Å². The van der Waals surface area contributed by atoms with Crippen LogP contribution in [0, 0.1) is 6.92 Å². The fourth-order valence-corrected chi connectivity index (χ4v) is 6.73. The Bertz CT molecular complexity index is 1180. The zero-order valence-electron chi connectivity index (χ0n) is 24.6. The Balaban J connectivity index is 2.14. The topological polar surface area (TPSA) is 46.2 Å². The van der Waals surface area contributed by atoms with E-state index in [4.69, 9.17) is 35.3 Å². The Labute approximate surface area is 260 Å². The fourth-order valence-electron chi connectivity index (χ4n) is 4.85. The molecule has 0 unspecified atom stereocenters. The molecule has 0 amide bonds. The van der Waals surface area contributed by atoms with Gasteiger partial charge in [-0.05, 0) is 36.6 Å². The molecule has 1 aliphatic heterocycles. The number of aryl methyl sites for hydroxylation is 1. The van der Waals surface area contributed by atoms with Crippen molar-refractivity contribution in [2.45, 2.75) is 42.2 Å². The molecule has 5 atom stereocenters. The van der Waals surface area contributed by atoms with Crippen molar-refractivity contribution in [2.24, 2.45) is 0 Å². The van der Waals surface area contributed by atoms with E-state index in [1.165, 1.54) is 11.1 Å². The molecule has 0 N–H and O–H groups in total. The highest BCUT2D eigenvalue weighted by molar-refractivity contribution is 8.00. The lowest BCUT2D eigenvalue weighted by Crippen LogP contribution is -2.55. The number of hydrogen-bond donors (Lipinski definition) is 0. The monoisotopic (exact) mass is 610 g/mol. The average Bonchev–Trinajstić information content (AvgIpc) is 2.99. The van der Waals surface area contributed by atoms with Gasteiger partial charge in [0.1, 0.15) is 30.7 Å². The van der Waals surface area contributed by atoms with Gasteiger partial charge in [-0.1, -0.05) is 78.4 Å². The van der Waals surface area contributed by atoms with Gasteiger partial charge in [-0.25, -0.2) is 0 Å². The van der Waals surface area contributed by atoms with E-state index in [-0.39, 0.29) is 16.6 Å². The molecule has 1 heterocycles. The summed E-state index contributed by atoms with van der Waals surface area (Å²) in [6, 6.07) is 12.5. The van der Waals surface area contributed by atoms with Crippen molar-refractivity contribution in [3.05, 3.63) is 127 Å².